The van der Waals surface area contributed by atoms with Crippen LogP contribution in [0.2, 0.25) is 0 Å². The standard InChI is InChI=1S/C16H15N3O3/c1-9-5-13(14(8-18-9)16(21)22-4)12-6-11(7-17)15(20)19(3)10(12)2/h5-6,8H,1-4H3. The number of hydrogen-bond acceptors (Lipinski definition) is 5. The first kappa shape index (κ1) is 15.4. The Hall–Kier alpha value is -2.94. The van der Waals surface area contributed by atoms with Crippen LogP contribution in [0.3, 0.4) is 0 Å². The fourth-order valence-corrected chi connectivity index (χ4v) is 2.23. The van der Waals surface area contributed by atoms with Gasteiger partial charge in [-0.1, -0.05) is 0 Å². The number of methoxy groups -OCH3 is 1. The maximum Gasteiger partial charge on any atom is 0.340 e. The molecule has 0 fully saturated rings. The number of carbonyl (C=O) groups excluding carboxylic acids is 1. The molecule has 2 heterocycles. The minimum absolute atomic E-state index is 0.0216. The van der Waals surface area contributed by atoms with Crippen molar-refractivity contribution in [3.05, 3.63) is 51.2 Å². The Bertz CT molecular complexity index is 860. The van der Waals surface area contributed by atoms with Crippen LogP contribution in [0.4, 0.5) is 0 Å². The Labute approximate surface area is 127 Å². The molecule has 0 saturated carbocycles. The Balaban J connectivity index is 2.86. The van der Waals surface area contributed by atoms with E-state index in [0.29, 0.717) is 22.4 Å². The Morgan fingerprint density at radius 3 is 2.59 bits per heavy atom. The first-order valence-electron chi connectivity index (χ1n) is 6.56. The number of carbonyl (C=O) groups is 1. The Kier molecular flexibility index (Phi) is 4.08. The van der Waals surface area contributed by atoms with Crippen LogP contribution in [0, 0.1) is 25.2 Å². The van der Waals surface area contributed by atoms with E-state index in [-0.39, 0.29) is 11.1 Å². The molecule has 0 N–H and O–H groups in total. The van der Waals surface area contributed by atoms with Crippen molar-refractivity contribution >= 4 is 5.97 Å². The molecule has 0 spiro atoms. The lowest BCUT2D eigenvalue weighted by atomic mass is 9.98. The molecule has 2 aromatic rings. The van der Waals surface area contributed by atoms with Gasteiger partial charge in [0.25, 0.3) is 5.56 Å². The van der Waals surface area contributed by atoms with Gasteiger partial charge in [0.1, 0.15) is 11.6 Å². The van der Waals surface area contributed by atoms with E-state index in [4.69, 9.17) is 10.00 Å². The monoisotopic (exact) mass is 297 g/mol. The molecule has 0 radical (unpaired) electrons. The molecule has 0 aliphatic carbocycles. The zero-order valence-electron chi connectivity index (χ0n) is 12.8. The lowest BCUT2D eigenvalue weighted by molar-refractivity contribution is 0.0601. The van der Waals surface area contributed by atoms with E-state index in [0.717, 1.165) is 5.69 Å². The average molecular weight is 297 g/mol. The van der Waals surface area contributed by atoms with Crippen molar-refractivity contribution in [1.29, 1.82) is 5.26 Å². The van der Waals surface area contributed by atoms with E-state index in [1.807, 2.05) is 6.07 Å². The summed E-state index contributed by atoms with van der Waals surface area (Å²) >= 11 is 0. The van der Waals surface area contributed by atoms with Gasteiger partial charge in [-0.05, 0) is 26.0 Å². The fourth-order valence-electron chi connectivity index (χ4n) is 2.23. The first-order valence-corrected chi connectivity index (χ1v) is 6.56. The molecular formula is C16H15N3O3. The van der Waals surface area contributed by atoms with Gasteiger partial charge >= 0.3 is 5.97 Å². The van der Waals surface area contributed by atoms with Crippen molar-refractivity contribution < 1.29 is 9.53 Å². The molecule has 6 nitrogen and oxygen atoms in total. The van der Waals surface area contributed by atoms with Gasteiger partial charge in [0.15, 0.2) is 0 Å². The highest BCUT2D eigenvalue weighted by molar-refractivity contribution is 5.97. The van der Waals surface area contributed by atoms with Crippen LogP contribution in [-0.4, -0.2) is 22.6 Å². The van der Waals surface area contributed by atoms with Crippen molar-refractivity contribution in [2.24, 2.45) is 7.05 Å². The lowest BCUT2D eigenvalue weighted by Crippen LogP contribution is -2.22. The van der Waals surface area contributed by atoms with E-state index in [1.165, 1.54) is 23.9 Å². The molecule has 0 aliphatic heterocycles. The summed E-state index contributed by atoms with van der Waals surface area (Å²) in [6, 6.07) is 5.12. The number of nitrogens with zero attached hydrogens (tertiary/aromatic N) is 3. The highest BCUT2D eigenvalue weighted by atomic mass is 16.5. The molecule has 112 valence electrons. The van der Waals surface area contributed by atoms with Crippen LogP contribution in [-0.2, 0) is 11.8 Å². The summed E-state index contributed by atoms with van der Waals surface area (Å²) in [5.41, 5.74) is 2.53. The number of aromatic nitrogens is 2. The third-order valence-electron chi connectivity index (χ3n) is 3.57. The lowest BCUT2D eigenvalue weighted by Gasteiger charge is -2.14. The second kappa shape index (κ2) is 5.82. The zero-order valence-corrected chi connectivity index (χ0v) is 12.8. The summed E-state index contributed by atoms with van der Waals surface area (Å²) in [7, 11) is 2.88. The highest BCUT2D eigenvalue weighted by Gasteiger charge is 2.18. The minimum Gasteiger partial charge on any atom is -0.465 e. The van der Waals surface area contributed by atoms with E-state index < -0.39 is 5.97 Å². The van der Waals surface area contributed by atoms with E-state index in [9.17, 15) is 9.59 Å². The third kappa shape index (κ3) is 2.49. The molecule has 0 unspecified atom stereocenters. The molecule has 0 saturated heterocycles. The molecular weight excluding hydrogens is 282 g/mol. The molecule has 6 heteroatoms. The van der Waals surface area contributed by atoms with Crippen molar-refractivity contribution in [2.75, 3.05) is 7.11 Å². The SMILES string of the molecule is COC(=O)c1cnc(C)cc1-c1cc(C#N)c(=O)n(C)c1C. The number of pyridine rings is 2. The van der Waals surface area contributed by atoms with Crippen molar-refractivity contribution in [2.45, 2.75) is 13.8 Å². The first-order chi connectivity index (χ1) is 10.4. The maximum atomic E-state index is 12.0. The van der Waals surface area contributed by atoms with E-state index in [2.05, 4.69) is 4.98 Å². The second-order valence-corrected chi connectivity index (χ2v) is 4.90. The van der Waals surface area contributed by atoms with Crippen LogP contribution in [0.15, 0.2) is 23.1 Å². The van der Waals surface area contributed by atoms with Crippen LogP contribution >= 0.6 is 0 Å². The summed E-state index contributed by atoms with van der Waals surface area (Å²) in [5, 5.41) is 9.12. The Morgan fingerprint density at radius 2 is 2.00 bits per heavy atom. The zero-order chi connectivity index (χ0) is 16.4. The number of esters is 1. The minimum atomic E-state index is -0.519. The number of rotatable bonds is 2. The highest BCUT2D eigenvalue weighted by Crippen LogP contribution is 2.27. The van der Waals surface area contributed by atoms with Crippen LogP contribution < -0.4 is 5.56 Å². The Morgan fingerprint density at radius 1 is 1.32 bits per heavy atom. The number of ether oxygens (including phenoxy) is 1. The van der Waals surface area contributed by atoms with Gasteiger partial charge in [-0.25, -0.2) is 4.79 Å². The predicted octanol–water partition coefficient (Wildman–Crippen LogP) is 1.72. The van der Waals surface area contributed by atoms with Gasteiger partial charge in [0.05, 0.1) is 12.7 Å². The van der Waals surface area contributed by atoms with Gasteiger partial charge in [-0.2, -0.15) is 5.26 Å². The summed E-state index contributed by atoms with van der Waals surface area (Å²) in [4.78, 5) is 28.0. The van der Waals surface area contributed by atoms with Crippen LogP contribution in [0.1, 0.15) is 27.3 Å². The normalized spacial score (nSPS) is 10.1. The summed E-state index contributed by atoms with van der Waals surface area (Å²) in [6.45, 7) is 3.56. The molecule has 2 aromatic heterocycles. The largest absolute Gasteiger partial charge is 0.465 e. The topological polar surface area (TPSA) is 85.0 Å². The second-order valence-electron chi connectivity index (χ2n) is 4.90. The molecule has 0 bridgehead atoms. The predicted molar refractivity (Wildman–Crippen MR) is 80.4 cm³/mol. The molecule has 0 atom stereocenters. The van der Waals surface area contributed by atoms with Crippen LogP contribution in [0.25, 0.3) is 11.1 Å². The molecule has 0 aromatic carbocycles. The summed E-state index contributed by atoms with van der Waals surface area (Å²) < 4.78 is 6.17. The van der Waals surface area contributed by atoms with Gasteiger partial charge in [-0.15, -0.1) is 0 Å². The molecule has 0 amide bonds. The summed E-state index contributed by atoms with van der Waals surface area (Å²) in [5.74, 6) is -0.519. The molecule has 2 rings (SSSR count). The van der Waals surface area contributed by atoms with Gasteiger partial charge < -0.3 is 9.30 Å². The number of nitriles is 1. The number of aryl methyl sites for hydroxylation is 1. The van der Waals surface area contributed by atoms with E-state index >= 15 is 0 Å². The quantitative estimate of drug-likeness (QED) is 0.788. The fraction of sp³-hybridized carbons (Fsp3) is 0.250. The van der Waals surface area contributed by atoms with E-state index in [1.54, 1.807) is 27.0 Å². The van der Waals surface area contributed by atoms with Crippen molar-refractivity contribution in [1.82, 2.24) is 9.55 Å². The average Bonchev–Trinajstić information content (AvgIpc) is 2.52. The van der Waals surface area contributed by atoms with Gasteiger partial charge in [0, 0.05) is 35.8 Å². The smallest absolute Gasteiger partial charge is 0.340 e. The maximum absolute atomic E-state index is 12.0. The summed E-state index contributed by atoms with van der Waals surface area (Å²) in [6.07, 6.45) is 1.44. The van der Waals surface area contributed by atoms with Gasteiger partial charge in [-0.3, -0.25) is 9.78 Å². The molecule has 22 heavy (non-hydrogen) atoms. The molecule has 0 aliphatic rings. The van der Waals surface area contributed by atoms with Crippen molar-refractivity contribution in [3.8, 4) is 17.2 Å². The third-order valence-corrected chi connectivity index (χ3v) is 3.57. The number of hydrogen-bond donors (Lipinski definition) is 0. The van der Waals surface area contributed by atoms with Crippen LogP contribution in [0.5, 0.6) is 0 Å². The van der Waals surface area contributed by atoms with Gasteiger partial charge in [0.2, 0.25) is 0 Å². The van der Waals surface area contributed by atoms with Crippen molar-refractivity contribution in [3.63, 3.8) is 0 Å².